The summed E-state index contributed by atoms with van der Waals surface area (Å²) in [4.78, 5) is 11.9. The third kappa shape index (κ3) is 4.78. The Morgan fingerprint density at radius 1 is 1.41 bits per heavy atom. The van der Waals surface area contributed by atoms with Gasteiger partial charge in [0.25, 0.3) is 10.0 Å². The number of sulfonamides is 1. The molecule has 1 saturated carbocycles. The van der Waals surface area contributed by atoms with E-state index in [1.807, 2.05) is 0 Å². The van der Waals surface area contributed by atoms with Crippen molar-refractivity contribution in [2.75, 3.05) is 7.11 Å². The minimum absolute atomic E-state index is 0.192. The van der Waals surface area contributed by atoms with E-state index in [9.17, 15) is 13.2 Å². The molecule has 1 unspecified atom stereocenters. The molecule has 1 aliphatic carbocycles. The fourth-order valence-electron chi connectivity index (χ4n) is 2.78. The molecular weight excluding hydrogens is 390 g/mol. The minimum Gasteiger partial charge on any atom is -0.468 e. The van der Waals surface area contributed by atoms with Crippen molar-refractivity contribution in [2.45, 2.75) is 48.8 Å². The first-order valence-corrected chi connectivity index (χ1v) is 10.4. The number of methoxy groups -OCH3 is 1. The molecule has 1 fully saturated rings. The molecule has 0 amide bonds. The summed E-state index contributed by atoms with van der Waals surface area (Å²) in [6.45, 7) is 0. The van der Waals surface area contributed by atoms with Gasteiger partial charge in [0, 0.05) is 0 Å². The van der Waals surface area contributed by atoms with E-state index in [1.54, 1.807) is 6.07 Å². The van der Waals surface area contributed by atoms with Gasteiger partial charge in [0.15, 0.2) is 0 Å². The molecule has 0 spiro atoms. The number of carbonyl (C=O) groups is 1. The average molecular weight is 410 g/mol. The van der Waals surface area contributed by atoms with Crippen LogP contribution in [0.2, 0.25) is 0 Å². The van der Waals surface area contributed by atoms with E-state index >= 15 is 0 Å². The molecule has 22 heavy (non-hydrogen) atoms. The van der Waals surface area contributed by atoms with Crippen LogP contribution in [0.4, 0.5) is 0 Å². The Kier molecular flexibility index (Phi) is 6.43. The summed E-state index contributed by atoms with van der Waals surface area (Å²) >= 11 is 4.36. The molecule has 1 aliphatic rings. The van der Waals surface area contributed by atoms with E-state index < -0.39 is 22.0 Å². The lowest BCUT2D eigenvalue weighted by Crippen LogP contribution is -2.42. The normalized spacial score (nSPS) is 18.1. The zero-order valence-corrected chi connectivity index (χ0v) is 15.6. The van der Waals surface area contributed by atoms with Crippen molar-refractivity contribution in [1.29, 1.82) is 0 Å². The lowest BCUT2D eigenvalue weighted by molar-refractivity contribution is -0.143. The first kappa shape index (κ1) is 17.9. The summed E-state index contributed by atoms with van der Waals surface area (Å²) in [7, 11) is -2.42. The first-order valence-electron chi connectivity index (χ1n) is 7.28. The van der Waals surface area contributed by atoms with Crippen molar-refractivity contribution >= 4 is 43.3 Å². The van der Waals surface area contributed by atoms with E-state index in [4.69, 9.17) is 4.74 Å². The molecule has 2 rings (SSSR count). The standard InChI is InChI=1S/C14H20BrNO4S2/c1-20-14(17)11(9-10-5-3-2-4-6-10)16-22(18,19)13-8-7-12(15)21-13/h7-8,10-11,16H,2-6,9H2,1H3. The van der Waals surface area contributed by atoms with Crippen LogP contribution in [0.25, 0.3) is 0 Å². The second-order valence-corrected chi connectivity index (χ2v) is 9.90. The third-order valence-electron chi connectivity index (χ3n) is 3.89. The zero-order chi connectivity index (χ0) is 16.2. The van der Waals surface area contributed by atoms with Gasteiger partial charge in [-0.2, -0.15) is 4.72 Å². The number of hydrogen-bond donors (Lipinski definition) is 1. The molecule has 0 bridgehead atoms. The summed E-state index contributed by atoms with van der Waals surface area (Å²) in [5, 5.41) is 0. The fraction of sp³-hybridized carbons (Fsp3) is 0.643. The Balaban J connectivity index is 2.10. The molecule has 1 heterocycles. The van der Waals surface area contributed by atoms with Gasteiger partial charge in [-0.1, -0.05) is 32.1 Å². The summed E-state index contributed by atoms with van der Waals surface area (Å²) in [5.74, 6) is -0.152. The average Bonchev–Trinajstić information content (AvgIpc) is 2.94. The second kappa shape index (κ2) is 7.90. The number of ether oxygens (including phenoxy) is 1. The van der Waals surface area contributed by atoms with Crippen LogP contribution in [0.15, 0.2) is 20.1 Å². The smallest absolute Gasteiger partial charge is 0.323 e. The summed E-state index contributed by atoms with van der Waals surface area (Å²) in [6, 6.07) is 2.37. The van der Waals surface area contributed by atoms with Crippen molar-refractivity contribution in [3.05, 3.63) is 15.9 Å². The van der Waals surface area contributed by atoms with Gasteiger partial charge in [0.2, 0.25) is 0 Å². The Labute approximate surface area is 143 Å². The summed E-state index contributed by atoms with van der Waals surface area (Å²) in [5.41, 5.74) is 0. The first-order chi connectivity index (χ1) is 10.4. The van der Waals surface area contributed by atoms with E-state index in [2.05, 4.69) is 20.7 Å². The van der Waals surface area contributed by atoms with Crippen LogP contribution in [0.3, 0.4) is 0 Å². The maximum atomic E-state index is 12.4. The Bertz CT molecular complexity index is 608. The minimum atomic E-state index is -3.71. The molecule has 124 valence electrons. The van der Waals surface area contributed by atoms with Crippen LogP contribution >= 0.6 is 27.3 Å². The van der Waals surface area contributed by atoms with Crippen LogP contribution in [0.5, 0.6) is 0 Å². The van der Waals surface area contributed by atoms with Gasteiger partial charge in [0.05, 0.1) is 10.9 Å². The highest BCUT2D eigenvalue weighted by Crippen LogP contribution is 2.29. The van der Waals surface area contributed by atoms with Gasteiger partial charge in [-0.15, -0.1) is 11.3 Å². The number of thiophene rings is 1. The highest BCUT2D eigenvalue weighted by molar-refractivity contribution is 9.11. The Hall–Kier alpha value is -0.440. The number of carbonyl (C=O) groups excluding carboxylic acids is 1. The largest absolute Gasteiger partial charge is 0.468 e. The van der Waals surface area contributed by atoms with Crippen LogP contribution in [0.1, 0.15) is 38.5 Å². The topological polar surface area (TPSA) is 72.5 Å². The number of esters is 1. The van der Waals surface area contributed by atoms with Crippen LogP contribution in [-0.4, -0.2) is 27.5 Å². The Morgan fingerprint density at radius 3 is 2.64 bits per heavy atom. The molecule has 5 nitrogen and oxygen atoms in total. The highest BCUT2D eigenvalue weighted by Gasteiger charge is 2.30. The number of halogens is 1. The van der Waals surface area contributed by atoms with Crippen LogP contribution in [-0.2, 0) is 19.6 Å². The lowest BCUT2D eigenvalue weighted by Gasteiger charge is -2.25. The predicted molar refractivity (Wildman–Crippen MR) is 89.3 cm³/mol. The molecule has 0 aliphatic heterocycles. The van der Waals surface area contributed by atoms with Crippen molar-refractivity contribution in [3.8, 4) is 0 Å². The predicted octanol–water partition coefficient (Wildman–Crippen LogP) is 3.30. The maximum Gasteiger partial charge on any atom is 0.323 e. The van der Waals surface area contributed by atoms with Crippen molar-refractivity contribution < 1.29 is 17.9 Å². The number of nitrogens with one attached hydrogen (secondary N) is 1. The molecule has 1 aromatic heterocycles. The Morgan fingerprint density at radius 2 is 2.09 bits per heavy atom. The van der Waals surface area contributed by atoms with Gasteiger partial charge >= 0.3 is 5.97 Å². The number of rotatable bonds is 6. The van der Waals surface area contributed by atoms with Gasteiger partial charge in [-0.3, -0.25) is 4.79 Å². The van der Waals surface area contributed by atoms with E-state index in [1.165, 1.54) is 19.6 Å². The molecule has 1 atom stereocenters. The van der Waals surface area contributed by atoms with Gasteiger partial charge < -0.3 is 4.74 Å². The van der Waals surface area contributed by atoms with Gasteiger partial charge in [-0.25, -0.2) is 8.42 Å². The van der Waals surface area contributed by atoms with Gasteiger partial charge in [0.1, 0.15) is 10.3 Å². The lowest BCUT2D eigenvalue weighted by atomic mass is 9.85. The SMILES string of the molecule is COC(=O)C(CC1CCCCC1)NS(=O)(=O)c1ccc(Br)s1. The quantitative estimate of drug-likeness (QED) is 0.731. The maximum absolute atomic E-state index is 12.4. The van der Waals surface area contributed by atoms with Crippen molar-refractivity contribution in [1.82, 2.24) is 4.72 Å². The van der Waals surface area contributed by atoms with E-state index in [-0.39, 0.29) is 4.21 Å². The zero-order valence-electron chi connectivity index (χ0n) is 12.4. The van der Waals surface area contributed by atoms with Crippen molar-refractivity contribution in [3.63, 3.8) is 0 Å². The molecule has 0 radical (unpaired) electrons. The molecule has 1 aromatic rings. The van der Waals surface area contributed by atoms with E-state index in [0.717, 1.165) is 40.8 Å². The molecule has 1 N–H and O–H groups in total. The van der Waals surface area contributed by atoms with Crippen LogP contribution < -0.4 is 4.72 Å². The summed E-state index contributed by atoms with van der Waals surface area (Å²) in [6.07, 6.45) is 6.08. The summed E-state index contributed by atoms with van der Waals surface area (Å²) < 4.78 is 33.0. The van der Waals surface area contributed by atoms with E-state index in [0.29, 0.717) is 12.3 Å². The fourth-order valence-corrected chi connectivity index (χ4v) is 6.00. The van der Waals surface area contributed by atoms with Gasteiger partial charge in [-0.05, 0) is 40.4 Å². The molecular formula is C14H20BrNO4S2. The molecule has 0 saturated heterocycles. The monoisotopic (exact) mass is 409 g/mol. The van der Waals surface area contributed by atoms with Crippen LogP contribution in [0, 0.1) is 5.92 Å². The highest BCUT2D eigenvalue weighted by atomic mass is 79.9. The van der Waals surface area contributed by atoms with Crippen molar-refractivity contribution in [2.24, 2.45) is 5.92 Å². The molecule has 0 aromatic carbocycles. The number of hydrogen-bond acceptors (Lipinski definition) is 5. The second-order valence-electron chi connectivity index (χ2n) is 5.50. The third-order valence-corrected chi connectivity index (χ3v) is 7.48. The molecule has 8 heteroatoms.